The van der Waals surface area contributed by atoms with Crippen molar-refractivity contribution in [1.29, 1.82) is 0 Å². The Labute approximate surface area is 173 Å². The molecule has 1 atom stereocenters. The van der Waals surface area contributed by atoms with Gasteiger partial charge in [0.2, 0.25) is 0 Å². The number of nitrogens with zero attached hydrogens (tertiary/aromatic N) is 4. The van der Waals surface area contributed by atoms with Crippen molar-refractivity contribution >= 4 is 0 Å². The Kier molecular flexibility index (Phi) is 6.39. The molecular weight excluding hydrogens is 360 g/mol. The second-order valence-corrected chi connectivity index (χ2v) is 7.90. The van der Waals surface area contributed by atoms with Gasteiger partial charge in [-0.2, -0.15) is 5.10 Å². The summed E-state index contributed by atoms with van der Waals surface area (Å²) in [7, 11) is 1.99. The zero-order valence-corrected chi connectivity index (χ0v) is 17.1. The van der Waals surface area contributed by atoms with Gasteiger partial charge in [0.15, 0.2) is 0 Å². The fraction of sp³-hybridized carbons (Fsp3) is 0.375. The quantitative estimate of drug-likeness (QED) is 0.673. The Balaban J connectivity index is 1.46. The number of aromatic nitrogens is 2. The van der Waals surface area contributed by atoms with Crippen LogP contribution in [0.15, 0.2) is 66.9 Å². The Morgan fingerprint density at radius 1 is 0.966 bits per heavy atom. The third-order valence-corrected chi connectivity index (χ3v) is 5.73. The molecule has 0 amide bonds. The second kappa shape index (κ2) is 9.35. The van der Waals surface area contributed by atoms with E-state index in [1.165, 1.54) is 11.1 Å². The van der Waals surface area contributed by atoms with Crippen LogP contribution in [0, 0.1) is 0 Å². The zero-order valence-electron chi connectivity index (χ0n) is 17.1. The first kappa shape index (κ1) is 19.8. The number of hydrogen-bond acceptors (Lipinski definition) is 4. The van der Waals surface area contributed by atoms with Crippen molar-refractivity contribution in [3.63, 3.8) is 0 Å². The topological polar surface area (TPSA) is 44.5 Å². The van der Waals surface area contributed by atoms with E-state index < -0.39 is 0 Å². The molecular formula is C24H30N4O. The van der Waals surface area contributed by atoms with Crippen LogP contribution in [0.4, 0.5) is 0 Å². The standard InChI is InChI=1S/C24H30N4O/c1-26-17-22(24(25-26)21-10-6-3-7-11-21)18-27-13-14-28(23(19-27)12-15-29)16-20-8-4-2-5-9-20/h2-11,17,23,29H,12-16,18-19H2,1H3/t23-/m0/s1. The third kappa shape index (κ3) is 4.93. The molecule has 1 N–H and O–H groups in total. The van der Waals surface area contributed by atoms with E-state index in [1.807, 2.05) is 17.8 Å². The maximum atomic E-state index is 9.62. The molecule has 5 heteroatoms. The maximum absolute atomic E-state index is 9.62. The predicted molar refractivity (Wildman–Crippen MR) is 116 cm³/mol. The molecule has 2 aromatic carbocycles. The van der Waals surface area contributed by atoms with Crippen LogP contribution in [0.5, 0.6) is 0 Å². The Morgan fingerprint density at radius 2 is 1.69 bits per heavy atom. The van der Waals surface area contributed by atoms with Crippen molar-refractivity contribution in [3.05, 3.63) is 78.0 Å². The summed E-state index contributed by atoms with van der Waals surface area (Å²) in [6, 6.07) is 21.4. The maximum Gasteiger partial charge on any atom is 0.0968 e. The predicted octanol–water partition coefficient (Wildman–Crippen LogP) is 3.16. The minimum atomic E-state index is 0.228. The average Bonchev–Trinajstić information content (AvgIpc) is 3.11. The lowest BCUT2D eigenvalue weighted by Gasteiger charge is -2.41. The molecule has 1 fully saturated rings. The monoisotopic (exact) mass is 390 g/mol. The van der Waals surface area contributed by atoms with Crippen LogP contribution in [0.25, 0.3) is 11.3 Å². The Morgan fingerprint density at radius 3 is 2.41 bits per heavy atom. The first-order valence-electron chi connectivity index (χ1n) is 10.4. The summed E-state index contributed by atoms with van der Waals surface area (Å²) in [5, 5.41) is 14.3. The molecule has 3 aromatic rings. The lowest BCUT2D eigenvalue weighted by molar-refractivity contribution is 0.0500. The van der Waals surface area contributed by atoms with Crippen LogP contribution in [-0.2, 0) is 20.1 Å². The van der Waals surface area contributed by atoms with Gasteiger partial charge in [-0.25, -0.2) is 0 Å². The summed E-state index contributed by atoms with van der Waals surface area (Å²) < 4.78 is 1.91. The van der Waals surface area contributed by atoms with Crippen molar-refractivity contribution < 1.29 is 5.11 Å². The highest BCUT2D eigenvalue weighted by Crippen LogP contribution is 2.25. The molecule has 0 saturated carbocycles. The van der Waals surface area contributed by atoms with Crippen LogP contribution >= 0.6 is 0 Å². The number of rotatable bonds is 7. The summed E-state index contributed by atoms with van der Waals surface area (Å²) in [5.74, 6) is 0. The lowest BCUT2D eigenvalue weighted by atomic mass is 10.0. The molecule has 4 rings (SSSR count). The van der Waals surface area contributed by atoms with Crippen LogP contribution in [-0.4, -0.2) is 57.0 Å². The molecule has 0 spiro atoms. The first-order chi connectivity index (χ1) is 14.2. The fourth-order valence-electron chi connectivity index (χ4n) is 4.28. The van der Waals surface area contributed by atoms with Gasteiger partial charge in [0, 0.05) is 69.7 Å². The minimum absolute atomic E-state index is 0.228. The van der Waals surface area contributed by atoms with Crippen LogP contribution in [0.3, 0.4) is 0 Å². The Bertz CT molecular complexity index is 894. The molecule has 0 aliphatic carbocycles. The van der Waals surface area contributed by atoms with Gasteiger partial charge in [0.1, 0.15) is 0 Å². The van der Waals surface area contributed by atoms with Gasteiger partial charge in [-0.05, 0) is 12.0 Å². The molecule has 1 aliphatic rings. The van der Waals surface area contributed by atoms with Crippen molar-refractivity contribution in [1.82, 2.24) is 19.6 Å². The van der Waals surface area contributed by atoms with Crippen molar-refractivity contribution in [3.8, 4) is 11.3 Å². The smallest absolute Gasteiger partial charge is 0.0968 e. The highest BCUT2D eigenvalue weighted by atomic mass is 16.3. The number of piperazine rings is 1. The van der Waals surface area contributed by atoms with Crippen LogP contribution in [0.1, 0.15) is 17.5 Å². The van der Waals surface area contributed by atoms with Gasteiger partial charge in [0.05, 0.1) is 5.69 Å². The van der Waals surface area contributed by atoms with Crippen LogP contribution in [0.2, 0.25) is 0 Å². The van der Waals surface area contributed by atoms with Crippen LogP contribution < -0.4 is 0 Å². The molecule has 152 valence electrons. The highest BCUT2D eigenvalue weighted by Gasteiger charge is 2.27. The average molecular weight is 391 g/mol. The summed E-state index contributed by atoms with van der Waals surface area (Å²) >= 11 is 0. The van der Waals surface area contributed by atoms with E-state index in [1.54, 1.807) is 0 Å². The molecule has 5 nitrogen and oxygen atoms in total. The number of aliphatic hydroxyl groups excluding tert-OH is 1. The van der Waals surface area contributed by atoms with Crippen molar-refractivity contribution in [2.75, 3.05) is 26.2 Å². The molecule has 0 radical (unpaired) electrons. The largest absolute Gasteiger partial charge is 0.396 e. The summed E-state index contributed by atoms with van der Waals surface area (Å²) in [6.45, 7) is 5.07. The lowest BCUT2D eigenvalue weighted by Crippen LogP contribution is -2.52. The van der Waals surface area contributed by atoms with Gasteiger partial charge < -0.3 is 5.11 Å². The van der Waals surface area contributed by atoms with E-state index in [-0.39, 0.29) is 6.61 Å². The minimum Gasteiger partial charge on any atom is -0.396 e. The molecule has 0 bridgehead atoms. The SMILES string of the molecule is Cn1cc(CN2CCN(Cc3ccccc3)[C@@H](CCO)C2)c(-c2ccccc2)n1. The van der Waals surface area contributed by atoms with Crippen molar-refractivity contribution in [2.45, 2.75) is 25.6 Å². The summed E-state index contributed by atoms with van der Waals surface area (Å²) in [6.07, 6.45) is 2.95. The molecule has 1 aliphatic heterocycles. The number of aryl methyl sites for hydroxylation is 1. The fourth-order valence-corrected chi connectivity index (χ4v) is 4.28. The van der Waals surface area contributed by atoms with E-state index in [0.717, 1.165) is 50.4 Å². The second-order valence-electron chi connectivity index (χ2n) is 7.90. The highest BCUT2D eigenvalue weighted by molar-refractivity contribution is 5.62. The Hall–Kier alpha value is -2.47. The molecule has 0 unspecified atom stereocenters. The summed E-state index contributed by atoms with van der Waals surface area (Å²) in [5.41, 5.74) is 4.83. The molecule has 29 heavy (non-hydrogen) atoms. The van der Waals surface area contributed by atoms with E-state index in [2.05, 4.69) is 70.6 Å². The van der Waals surface area contributed by atoms with Gasteiger partial charge in [-0.1, -0.05) is 60.7 Å². The summed E-state index contributed by atoms with van der Waals surface area (Å²) in [4.78, 5) is 5.02. The zero-order chi connectivity index (χ0) is 20.1. The first-order valence-corrected chi connectivity index (χ1v) is 10.4. The van der Waals surface area contributed by atoms with Gasteiger partial charge >= 0.3 is 0 Å². The van der Waals surface area contributed by atoms with E-state index in [0.29, 0.717) is 6.04 Å². The van der Waals surface area contributed by atoms with Gasteiger partial charge in [0.25, 0.3) is 0 Å². The molecule has 2 heterocycles. The van der Waals surface area contributed by atoms with Crippen molar-refractivity contribution in [2.24, 2.45) is 7.05 Å². The van der Waals surface area contributed by atoms with E-state index >= 15 is 0 Å². The van der Waals surface area contributed by atoms with Gasteiger partial charge in [-0.3, -0.25) is 14.5 Å². The normalized spacial score (nSPS) is 18.2. The number of aliphatic hydroxyl groups is 1. The number of hydrogen-bond donors (Lipinski definition) is 1. The molecule has 1 aromatic heterocycles. The van der Waals surface area contributed by atoms with E-state index in [9.17, 15) is 5.11 Å². The van der Waals surface area contributed by atoms with Gasteiger partial charge in [-0.15, -0.1) is 0 Å². The number of benzene rings is 2. The van der Waals surface area contributed by atoms with E-state index in [4.69, 9.17) is 5.10 Å². The molecule has 1 saturated heterocycles. The third-order valence-electron chi connectivity index (χ3n) is 5.73.